The number of nitrogens with zero attached hydrogens (tertiary/aromatic N) is 1. The Morgan fingerprint density at radius 2 is 2.45 bits per heavy atom. The molecule has 2 N–H and O–H groups in total. The molecule has 6 heteroatoms. The fourth-order valence-electron chi connectivity index (χ4n) is 2.21. The average molecular weight is 281 g/mol. The molecule has 1 saturated heterocycles. The van der Waals surface area contributed by atoms with Gasteiger partial charge in [0.25, 0.3) is 5.91 Å². The van der Waals surface area contributed by atoms with Crippen molar-refractivity contribution < 1.29 is 13.9 Å². The molecule has 1 unspecified atom stereocenters. The van der Waals surface area contributed by atoms with Crippen LogP contribution in [0.4, 0.5) is 10.2 Å². The van der Waals surface area contributed by atoms with E-state index in [1.165, 1.54) is 12.3 Å². The summed E-state index contributed by atoms with van der Waals surface area (Å²) < 4.78 is 19.4. The van der Waals surface area contributed by atoms with Crippen LogP contribution in [-0.4, -0.2) is 37.2 Å². The molecule has 110 valence electrons. The Morgan fingerprint density at radius 1 is 1.60 bits per heavy atom. The van der Waals surface area contributed by atoms with E-state index in [4.69, 9.17) is 4.74 Å². The Morgan fingerprint density at radius 3 is 3.15 bits per heavy atom. The minimum atomic E-state index is -0.605. The zero-order valence-electron chi connectivity index (χ0n) is 11.6. The molecular weight excluding hydrogens is 261 g/mol. The molecule has 5 nitrogen and oxygen atoms in total. The van der Waals surface area contributed by atoms with Crippen molar-refractivity contribution in [2.75, 3.05) is 31.6 Å². The van der Waals surface area contributed by atoms with Crippen LogP contribution in [0.15, 0.2) is 12.3 Å². The van der Waals surface area contributed by atoms with Gasteiger partial charge in [-0.15, -0.1) is 0 Å². The number of amides is 1. The van der Waals surface area contributed by atoms with Crippen LogP contribution >= 0.6 is 0 Å². The summed E-state index contributed by atoms with van der Waals surface area (Å²) in [6.45, 7) is 4.35. The molecule has 1 fully saturated rings. The molecule has 1 aromatic heterocycles. The number of anilines is 1. The molecule has 0 radical (unpaired) electrons. The van der Waals surface area contributed by atoms with Crippen molar-refractivity contribution in [3.63, 3.8) is 0 Å². The first-order valence-corrected chi connectivity index (χ1v) is 6.96. The number of halogens is 1. The number of hydrogen-bond acceptors (Lipinski definition) is 4. The molecule has 0 bridgehead atoms. The fourth-order valence-corrected chi connectivity index (χ4v) is 2.21. The first-order chi connectivity index (χ1) is 9.72. The van der Waals surface area contributed by atoms with Gasteiger partial charge in [0.05, 0.1) is 12.2 Å². The number of rotatable bonds is 5. The van der Waals surface area contributed by atoms with Crippen molar-refractivity contribution in [1.29, 1.82) is 0 Å². The zero-order valence-corrected chi connectivity index (χ0v) is 11.6. The minimum absolute atomic E-state index is 0.0210. The molecule has 0 aliphatic carbocycles. The van der Waals surface area contributed by atoms with Crippen molar-refractivity contribution in [1.82, 2.24) is 10.3 Å². The van der Waals surface area contributed by atoms with Crippen LogP contribution in [0.2, 0.25) is 0 Å². The van der Waals surface area contributed by atoms with Gasteiger partial charge in [-0.2, -0.15) is 0 Å². The smallest absolute Gasteiger partial charge is 0.254 e. The highest BCUT2D eigenvalue weighted by Crippen LogP contribution is 2.16. The van der Waals surface area contributed by atoms with E-state index in [1.54, 1.807) is 0 Å². The van der Waals surface area contributed by atoms with Gasteiger partial charge in [0.1, 0.15) is 0 Å². The first-order valence-electron chi connectivity index (χ1n) is 6.96. The Kier molecular flexibility index (Phi) is 5.29. The second-order valence-electron chi connectivity index (χ2n) is 4.84. The van der Waals surface area contributed by atoms with Crippen LogP contribution in [0.3, 0.4) is 0 Å². The Hall–Kier alpha value is -1.69. The standard InChI is InChI=1S/C14H20FN3O2/c1-2-16-13-12(15)11(5-6-17-13)14(19)18-8-10-4-3-7-20-9-10/h5-6,10H,2-4,7-9H2,1H3,(H,16,17)(H,18,19). The molecule has 2 heterocycles. The van der Waals surface area contributed by atoms with Gasteiger partial charge in [-0.1, -0.05) is 0 Å². The highest BCUT2D eigenvalue weighted by atomic mass is 19.1. The molecule has 2 rings (SSSR count). The lowest BCUT2D eigenvalue weighted by Crippen LogP contribution is -2.33. The highest BCUT2D eigenvalue weighted by molar-refractivity contribution is 5.95. The van der Waals surface area contributed by atoms with Crippen molar-refractivity contribution in [3.8, 4) is 0 Å². The van der Waals surface area contributed by atoms with Gasteiger partial charge in [-0.3, -0.25) is 4.79 Å². The number of pyridine rings is 1. The van der Waals surface area contributed by atoms with Gasteiger partial charge < -0.3 is 15.4 Å². The molecule has 1 amide bonds. The van der Waals surface area contributed by atoms with Gasteiger partial charge in [0.15, 0.2) is 11.6 Å². The zero-order chi connectivity index (χ0) is 14.4. The highest BCUT2D eigenvalue weighted by Gasteiger charge is 2.18. The van der Waals surface area contributed by atoms with E-state index in [0.717, 1.165) is 19.4 Å². The Balaban J connectivity index is 1.96. The van der Waals surface area contributed by atoms with E-state index < -0.39 is 11.7 Å². The topological polar surface area (TPSA) is 63.2 Å². The maximum absolute atomic E-state index is 14.1. The molecule has 1 atom stereocenters. The summed E-state index contributed by atoms with van der Waals surface area (Å²) in [4.78, 5) is 15.9. The molecule has 1 aromatic rings. The van der Waals surface area contributed by atoms with Crippen LogP contribution in [-0.2, 0) is 4.74 Å². The van der Waals surface area contributed by atoms with E-state index in [-0.39, 0.29) is 11.4 Å². The Bertz CT molecular complexity index is 462. The number of aromatic nitrogens is 1. The summed E-state index contributed by atoms with van der Waals surface area (Å²) >= 11 is 0. The van der Waals surface area contributed by atoms with Crippen LogP contribution in [0.1, 0.15) is 30.1 Å². The van der Waals surface area contributed by atoms with Gasteiger partial charge in [-0.25, -0.2) is 9.37 Å². The van der Waals surface area contributed by atoms with Gasteiger partial charge in [0, 0.05) is 25.9 Å². The maximum atomic E-state index is 14.1. The predicted octanol–water partition coefficient (Wildman–Crippen LogP) is 1.81. The van der Waals surface area contributed by atoms with E-state index >= 15 is 0 Å². The summed E-state index contributed by atoms with van der Waals surface area (Å²) in [6, 6.07) is 1.39. The third kappa shape index (κ3) is 3.66. The lowest BCUT2D eigenvalue weighted by molar-refractivity contribution is 0.0536. The van der Waals surface area contributed by atoms with Crippen LogP contribution in [0.25, 0.3) is 0 Å². The number of ether oxygens (including phenoxy) is 1. The summed E-state index contributed by atoms with van der Waals surface area (Å²) in [7, 11) is 0. The number of carbonyl (C=O) groups excluding carboxylic acids is 1. The van der Waals surface area contributed by atoms with E-state index in [2.05, 4.69) is 15.6 Å². The molecule has 1 aliphatic heterocycles. The molecular formula is C14H20FN3O2. The minimum Gasteiger partial charge on any atom is -0.381 e. The summed E-state index contributed by atoms with van der Waals surface area (Å²) in [5.74, 6) is -0.589. The second-order valence-corrected chi connectivity index (χ2v) is 4.84. The van der Waals surface area contributed by atoms with Gasteiger partial charge in [-0.05, 0) is 31.7 Å². The summed E-state index contributed by atoms with van der Waals surface area (Å²) in [5, 5.41) is 5.55. The fraction of sp³-hybridized carbons (Fsp3) is 0.571. The van der Waals surface area contributed by atoms with Crippen LogP contribution in [0, 0.1) is 11.7 Å². The normalized spacial score (nSPS) is 18.6. The second kappa shape index (κ2) is 7.19. The third-order valence-electron chi connectivity index (χ3n) is 3.28. The predicted molar refractivity (Wildman–Crippen MR) is 74.2 cm³/mol. The molecule has 20 heavy (non-hydrogen) atoms. The lowest BCUT2D eigenvalue weighted by atomic mass is 10.0. The summed E-state index contributed by atoms with van der Waals surface area (Å²) in [5.41, 5.74) is 0.0210. The van der Waals surface area contributed by atoms with Crippen molar-refractivity contribution >= 4 is 11.7 Å². The number of carbonyl (C=O) groups is 1. The van der Waals surface area contributed by atoms with Crippen molar-refractivity contribution in [2.24, 2.45) is 5.92 Å². The SMILES string of the molecule is CCNc1nccc(C(=O)NCC2CCCOC2)c1F. The number of hydrogen-bond donors (Lipinski definition) is 2. The molecule has 0 spiro atoms. The van der Waals surface area contributed by atoms with E-state index in [1.807, 2.05) is 6.92 Å². The van der Waals surface area contributed by atoms with Gasteiger partial charge >= 0.3 is 0 Å². The molecule has 0 saturated carbocycles. The average Bonchev–Trinajstić information content (AvgIpc) is 2.48. The van der Waals surface area contributed by atoms with Crippen LogP contribution < -0.4 is 10.6 Å². The van der Waals surface area contributed by atoms with Gasteiger partial charge in [0.2, 0.25) is 0 Å². The number of nitrogens with one attached hydrogen (secondary N) is 2. The Labute approximate surface area is 117 Å². The van der Waals surface area contributed by atoms with Crippen LogP contribution in [0.5, 0.6) is 0 Å². The monoisotopic (exact) mass is 281 g/mol. The third-order valence-corrected chi connectivity index (χ3v) is 3.28. The molecule has 0 aromatic carbocycles. The van der Waals surface area contributed by atoms with E-state index in [9.17, 15) is 9.18 Å². The molecule has 1 aliphatic rings. The van der Waals surface area contributed by atoms with Crippen molar-refractivity contribution in [3.05, 3.63) is 23.6 Å². The maximum Gasteiger partial charge on any atom is 0.254 e. The quantitative estimate of drug-likeness (QED) is 0.864. The largest absolute Gasteiger partial charge is 0.381 e. The van der Waals surface area contributed by atoms with Crippen molar-refractivity contribution in [2.45, 2.75) is 19.8 Å². The summed E-state index contributed by atoms with van der Waals surface area (Å²) in [6.07, 6.45) is 3.47. The first kappa shape index (κ1) is 14.7. The lowest BCUT2D eigenvalue weighted by Gasteiger charge is -2.22. The van der Waals surface area contributed by atoms with E-state index in [0.29, 0.717) is 25.6 Å².